The van der Waals surface area contributed by atoms with Gasteiger partial charge in [-0.3, -0.25) is 9.78 Å². The van der Waals surface area contributed by atoms with Crippen LogP contribution in [0.15, 0.2) is 24.5 Å². The van der Waals surface area contributed by atoms with Crippen molar-refractivity contribution in [3.8, 4) is 0 Å². The number of pyridine rings is 1. The minimum absolute atomic E-state index is 0.0862. The molecule has 1 amide bonds. The molecular weight excluding hydrogens is 180 g/mol. The lowest BCUT2D eigenvalue weighted by Crippen LogP contribution is -2.26. The van der Waals surface area contributed by atoms with Crippen LogP contribution in [0.1, 0.15) is 22.1 Å². The van der Waals surface area contributed by atoms with Crippen molar-refractivity contribution < 1.29 is 14.0 Å². The van der Waals surface area contributed by atoms with Crippen molar-refractivity contribution in [2.24, 2.45) is 0 Å². The molecule has 0 bridgehead atoms. The number of aliphatic hydroxyl groups is 1. The van der Waals surface area contributed by atoms with Gasteiger partial charge in [0.05, 0.1) is 6.04 Å². The van der Waals surface area contributed by atoms with E-state index >= 15 is 0 Å². The number of rotatable bonds is 1. The molecule has 4 heteroatoms. The van der Waals surface area contributed by atoms with Crippen LogP contribution in [0.2, 0.25) is 0 Å². The molecule has 1 aromatic rings. The summed E-state index contributed by atoms with van der Waals surface area (Å²) in [5.41, 5.74) is 0.619. The van der Waals surface area contributed by atoms with Crippen molar-refractivity contribution in [1.82, 2.24) is 9.88 Å². The van der Waals surface area contributed by atoms with Gasteiger partial charge in [-0.2, -0.15) is 0 Å². The van der Waals surface area contributed by atoms with Crippen LogP contribution in [-0.2, 0) is 4.79 Å². The molecule has 1 aliphatic heterocycles. The molecule has 0 radical (unpaired) electrons. The molecule has 1 aliphatic rings. The molecule has 1 unspecified atom stereocenters. The number of carbonyl (C=O) groups excluding carboxylic acids is 1. The molecule has 1 aromatic heterocycles. The normalized spacial score (nSPS) is 31.1. The van der Waals surface area contributed by atoms with Gasteiger partial charge in [0.2, 0.25) is 0 Å². The smallest absolute Gasteiger partial charge is 0.251 e. The average Bonchev–Trinajstić information content (AvgIpc) is 2.56. The molecule has 1 saturated heterocycles. The van der Waals surface area contributed by atoms with Gasteiger partial charge in [-0.05, 0) is 11.6 Å². The monoisotopic (exact) mass is 195 g/mol. The summed E-state index contributed by atoms with van der Waals surface area (Å²) in [7, 11) is 0. The standard InChI is InChI=1S/C10H12N2O2/c1-12-8(5-9(13)10(12)14)7-3-2-4-11-6-7/h2-4,6,8-9,13H,5H2,1H3/t8?,9-/m1/s1/i1D3. The van der Waals surface area contributed by atoms with Crippen LogP contribution in [-0.4, -0.2) is 34.0 Å². The zero-order valence-corrected chi connectivity index (χ0v) is 7.42. The van der Waals surface area contributed by atoms with E-state index in [-0.39, 0.29) is 6.42 Å². The van der Waals surface area contributed by atoms with E-state index in [4.69, 9.17) is 4.11 Å². The second-order valence-electron chi connectivity index (χ2n) is 3.26. The van der Waals surface area contributed by atoms with Gasteiger partial charge in [-0.15, -0.1) is 0 Å². The second-order valence-corrected chi connectivity index (χ2v) is 3.26. The molecule has 1 N–H and O–H groups in total. The first-order valence-electron chi connectivity index (χ1n) is 5.82. The maximum absolute atomic E-state index is 11.6. The first-order valence-corrected chi connectivity index (χ1v) is 4.32. The van der Waals surface area contributed by atoms with E-state index in [1.165, 1.54) is 6.20 Å². The number of hydrogen-bond acceptors (Lipinski definition) is 3. The van der Waals surface area contributed by atoms with Crippen molar-refractivity contribution in [3.05, 3.63) is 30.1 Å². The summed E-state index contributed by atoms with van der Waals surface area (Å²) in [6.45, 7) is -2.55. The minimum atomic E-state index is -2.55. The molecule has 0 aliphatic carbocycles. The highest BCUT2D eigenvalue weighted by Gasteiger charge is 2.36. The van der Waals surface area contributed by atoms with Gasteiger partial charge < -0.3 is 10.0 Å². The number of carbonyl (C=O) groups is 1. The highest BCUT2D eigenvalue weighted by atomic mass is 16.3. The van der Waals surface area contributed by atoms with E-state index in [2.05, 4.69) is 4.98 Å². The van der Waals surface area contributed by atoms with E-state index in [0.29, 0.717) is 5.56 Å². The number of likely N-dealkylation sites (tertiary alicyclic amines) is 1. The first-order chi connectivity index (χ1) is 7.91. The Morgan fingerprint density at radius 1 is 1.79 bits per heavy atom. The number of aliphatic hydroxyl groups excluding tert-OH is 1. The molecule has 2 heterocycles. The number of nitrogens with zero attached hydrogens (tertiary/aromatic N) is 2. The van der Waals surface area contributed by atoms with Crippen molar-refractivity contribution in [2.75, 3.05) is 6.98 Å². The number of amides is 1. The zero-order valence-electron chi connectivity index (χ0n) is 10.4. The van der Waals surface area contributed by atoms with E-state index in [1.807, 2.05) is 0 Å². The maximum atomic E-state index is 11.6. The molecule has 2 atom stereocenters. The Bertz CT molecular complexity index is 421. The summed E-state index contributed by atoms with van der Waals surface area (Å²) in [6, 6.07) is 2.72. The Kier molecular flexibility index (Phi) is 1.48. The molecule has 4 nitrogen and oxygen atoms in total. The first kappa shape index (κ1) is 6.14. The third-order valence-corrected chi connectivity index (χ3v) is 2.35. The van der Waals surface area contributed by atoms with Gasteiger partial charge in [0.1, 0.15) is 6.10 Å². The van der Waals surface area contributed by atoms with Crippen LogP contribution in [0.5, 0.6) is 0 Å². The Balaban J connectivity index is 2.37. The largest absolute Gasteiger partial charge is 0.383 e. The molecule has 0 spiro atoms. The van der Waals surface area contributed by atoms with Crippen LogP contribution in [0, 0.1) is 0 Å². The van der Waals surface area contributed by atoms with Crippen LogP contribution < -0.4 is 0 Å². The van der Waals surface area contributed by atoms with Crippen LogP contribution in [0.25, 0.3) is 0 Å². The molecule has 1 fully saturated rings. The van der Waals surface area contributed by atoms with E-state index in [1.54, 1.807) is 18.3 Å². The highest BCUT2D eigenvalue weighted by molar-refractivity contribution is 5.83. The van der Waals surface area contributed by atoms with Crippen molar-refractivity contribution >= 4 is 5.91 Å². The topological polar surface area (TPSA) is 53.4 Å². The fourth-order valence-corrected chi connectivity index (χ4v) is 1.59. The summed E-state index contributed by atoms with van der Waals surface area (Å²) in [6.07, 6.45) is 1.91. The highest BCUT2D eigenvalue weighted by Crippen LogP contribution is 2.30. The number of likely N-dealkylation sites (N-methyl/N-ethyl adjacent to an activating group) is 1. The molecule has 14 heavy (non-hydrogen) atoms. The van der Waals surface area contributed by atoms with Gasteiger partial charge in [-0.1, -0.05) is 6.07 Å². The van der Waals surface area contributed by atoms with Gasteiger partial charge in [0.15, 0.2) is 0 Å². The molecule has 0 saturated carbocycles. The van der Waals surface area contributed by atoms with Crippen molar-refractivity contribution in [3.63, 3.8) is 0 Å². The van der Waals surface area contributed by atoms with E-state index < -0.39 is 25.0 Å². The fourth-order valence-electron chi connectivity index (χ4n) is 1.59. The fraction of sp³-hybridized carbons (Fsp3) is 0.400. The lowest BCUT2D eigenvalue weighted by atomic mass is 10.1. The van der Waals surface area contributed by atoms with Crippen LogP contribution in [0.4, 0.5) is 0 Å². The summed E-state index contributed by atoms with van der Waals surface area (Å²) in [4.78, 5) is 16.3. The molecule has 2 rings (SSSR count). The van der Waals surface area contributed by atoms with Crippen LogP contribution in [0.3, 0.4) is 0 Å². The summed E-state index contributed by atoms with van der Waals surface area (Å²) in [5.74, 6) is -0.751. The lowest BCUT2D eigenvalue weighted by Gasteiger charge is -2.18. The summed E-state index contributed by atoms with van der Waals surface area (Å²) < 4.78 is 22.0. The third kappa shape index (κ3) is 1.37. The van der Waals surface area contributed by atoms with Crippen molar-refractivity contribution in [1.29, 1.82) is 0 Å². The zero-order chi connectivity index (χ0) is 12.6. The van der Waals surface area contributed by atoms with Gasteiger partial charge in [0.25, 0.3) is 5.91 Å². The van der Waals surface area contributed by atoms with Crippen molar-refractivity contribution in [2.45, 2.75) is 18.6 Å². The predicted molar refractivity (Wildman–Crippen MR) is 50.4 cm³/mol. The Morgan fingerprint density at radius 2 is 2.64 bits per heavy atom. The minimum Gasteiger partial charge on any atom is -0.383 e. The SMILES string of the molecule is [2H]C([2H])([2H])N1C(=O)[C@H](O)CC1c1cccnc1. The predicted octanol–water partition coefficient (Wildman–Crippen LogP) is 0.346. The van der Waals surface area contributed by atoms with E-state index in [0.717, 1.165) is 4.90 Å². The Morgan fingerprint density at radius 3 is 3.29 bits per heavy atom. The maximum Gasteiger partial charge on any atom is 0.251 e. The molecular formula is C10H12N2O2. The molecule has 74 valence electrons. The van der Waals surface area contributed by atoms with Gasteiger partial charge >= 0.3 is 0 Å². The average molecular weight is 195 g/mol. The lowest BCUT2D eigenvalue weighted by molar-refractivity contribution is -0.134. The third-order valence-electron chi connectivity index (χ3n) is 2.35. The van der Waals surface area contributed by atoms with E-state index in [9.17, 15) is 9.90 Å². The van der Waals surface area contributed by atoms with Crippen LogP contribution >= 0.6 is 0 Å². The number of aromatic nitrogens is 1. The van der Waals surface area contributed by atoms with Gasteiger partial charge in [-0.25, -0.2) is 0 Å². The Labute approximate surface area is 86.4 Å². The summed E-state index contributed by atoms with van der Waals surface area (Å²) in [5, 5.41) is 9.50. The Hall–Kier alpha value is -1.42. The molecule has 0 aromatic carbocycles. The summed E-state index contributed by atoms with van der Waals surface area (Å²) >= 11 is 0. The van der Waals surface area contributed by atoms with Gasteiger partial charge in [0, 0.05) is 29.9 Å². The quantitative estimate of drug-likeness (QED) is 0.703. The second kappa shape index (κ2) is 3.38. The number of hydrogen-bond donors (Lipinski definition) is 1.